The average molecular weight is 209 g/mol. The van der Waals surface area contributed by atoms with Gasteiger partial charge < -0.3 is 4.74 Å². The summed E-state index contributed by atoms with van der Waals surface area (Å²) < 4.78 is 5.50. The SMILES string of the molecule is C\C=C/C(C)=C\C=N\CCOC(C)CC. The standard InChI is InChI=1S/C13H23NO/c1-5-7-12(3)8-9-14-10-11-15-13(4)6-2/h5,7-9,13H,6,10-11H2,1-4H3/b7-5-,12-8-,14-9+. The molecule has 0 amide bonds. The lowest BCUT2D eigenvalue weighted by atomic mass is 10.3. The molecular weight excluding hydrogens is 186 g/mol. The van der Waals surface area contributed by atoms with E-state index in [-0.39, 0.29) is 0 Å². The second kappa shape index (κ2) is 9.66. The van der Waals surface area contributed by atoms with Crippen LogP contribution in [0.5, 0.6) is 0 Å². The summed E-state index contributed by atoms with van der Waals surface area (Å²) >= 11 is 0. The topological polar surface area (TPSA) is 21.6 Å². The van der Waals surface area contributed by atoms with E-state index >= 15 is 0 Å². The van der Waals surface area contributed by atoms with Crippen LogP contribution < -0.4 is 0 Å². The predicted molar refractivity (Wildman–Crippen MR) is 67.6 cm³/mol. The van der Waals surface area contributed by atoms with Crippen LogP contribution in [0.25, 0.3) is 0 Å². The van der Waals surface area contributed by atoms with E-state index < -0.39 is 0 Å². The van der Waals surface area contributed by atoms with E-state index in [9.17, 15) is 0 Å². The van der Waals surface area contributed by atoms with Gasteiger partial charge >= 0.3 is 0 Å². The fraction of sp³-hybridized carbons (Fsp3) is 0.615. The number of nitrogens with zero attached hydrogens (tertiary/aromatic N) is 1. The maximum Gasteiger partial charge on any atom is 0.0665 e. The molecule has 0 radical (unpaired) electrons. The first-order valence-electron chi connectivity index (χ1n) is 5.61. The molecule has 2 heteroatoms. The molecule has 2 nitrogen and oxygen atoms in total. The first-order chi connectivity index (χ1) is 7.20. The minimum absolute atomic E-state index is 0.348. The molecule has 0 aliphatic rings. The van der Waals surface area contributed by atoms with Crippen LogP contribution >= 0.6 is 0 Å². The first-order valence-corrected chi connectivity index (χ1v) is 5.61. The van der Waals surface area contributed by atoms with Crippen molar-refractivity contribution in [2.24, 2.45) is 4.99 Å². The minimum Gasteiger partial charge on any atom is -0.377 e. The third kappa shape index (κ3) is 9.42. The molecule has 0 spiro atoms. The summed E-state index contributed by atoms with van der Waals surface area (Å²) in [4.78, 5) is 4.24. The molecule has 15 heavy (non-hydrogen) atoms. The van der Waals surface area contributed by atoms with Crippen molar-refractivity contribution < 1.29 is 4.74 Å². The Hall–Kier alpha value is -0.890. The first kappa shape index (κ1) is 14.1. The van der Waals surface area contributed by atoms with Gasteiger partial charge in [-0.25, -0.2) is 0 Å². The molecule has 0 N–H and O–H groups in total. The molecule has 0 aromatic heterocycles. The van der Waals surface area contributed by atoms with Crippen LogP contribution in [-0.4, -0.2) is 25.5 Å². The maximum atomic E-state index is 5.50. The van der Waals surface area contributed by atoms with Crippen LogP contribution in [0.3, 0.4) is 0 Å². The number of aliphatic imine (C=N–C) groups is 1. The zero-order valence-electron chi connectivity index (χ0n) is 10.4. The van der Waals surface area contributed by atoms with E-state index in [0.29, 0.717) is 12.7 Å². The molecule has 0 bridgehead atoms. The predicted octanol–water partition coefficient (Wildman–Crippen LogP) is 3.39. The highest BCUT2D eigenvalue weighted by atomic mass is 16.5. The third-order valence-corrected chi connectivity index (χ3v) is 2.07. The molecule has 0 saturated heterocycles. The molecule has 1 unspecified atom stereocenters. The van der Waals surface area contributed by atoms with Gasteiger partial charge in [-0.2, -0.15) is 0 Å². The zero-order chi connectivity index (χ0) is 11.5. The van der Waals surface area contributed by atoms with E-state index in [2.05, 4.69) is 31.8 Å². The smallest absolute Gasteiger partial charge is 0.0665 e. The van der Waals surface area contributed by atoms with Crippen LogP contribution in [0, 0.1) is 0 Å². The van der Waals surface area contributed by atoms with Crippen LogP contribution in [0.15, 0.2) is 28.8 Å². The van der Waals surface area contributed by atoms with E-state index in [1.165, 1.54) is 5.57 Å². The van der Waals surface area contributed by atoms with Gasteiger partial charge in [0, 0.05) is 6.21 Å². The Kier molecular flexibility index (Phi) is 9.08. The molecule has 0 heterocycles. The van der Waals surface area contributed by atoms with E-state index in [1.807, 2.05) is 25.3 Å². The highest BCUT2D eigenvalue weighted by Gasteiger charge is 1.95. The Morgan fingerprint density at radius 1 is 1.47 bits per heavy atom. The molecule has 0 fully saturated rings. The van der Waals surface area contributed by atoms with Gasteiger partial charge in [0.25, 0.3) is 0 Å². The van der Waals surface area contributed by atoms with Gasteiger partial charge in [0.05, 0.1) is 19.3 Å². The molecular formula is C13H23NO. The van der Waals surface area contributed by atoms with Gasteiger partial charge in [-0.15, -0.1) is 0 Å². The fourth-order valence-corrected chi connectivity index (χ4v) is 0.988. The van der Waals surface area contributed by atoms with Crippen LogP contribution in [0.2, 0.25) is 0 Å². The number of ether oxygens (including phenoxy) is 1. The molecule has 0 saturated carbocycles. The summed E-state index contributed by atoms with van der Waals surface area (Å²) in [5, 5.41) is 0. The average Bonchev–Trinajstić information content (AvgIpc) is 2.23. The van der Waals surface area contributed by atoms with Crippen molar-refractivity contribution in [2.45, 2.75) is 40.2 Å². The Morgan fingerprint density at radius 3 is 2.80 bits per heavy atom. The van der Waals surface area contributed by atoms with E-state index in [4.69, 9.17) is 4.74 Å². The van der Waals surface area contributed by atoms with Crippen LogP contribution in [0.4, 0.5) is 0 Å². The van der Waals surface area contributed by atoms with E-state index in [1.54, 1.807) is 0 Å². The van der Waals surface area contributed by atoms with Crippen molar-refractivity contribution in [2.75, 3.05) is 13.2 Å². The van der Waals surface area contributed by atoms with Crippen molar-refractivity contribution in [1.29, 1.82) is 0 Å². The van der Waals surface area contributed by atoms with Crippen molar-refractivity contribution in [3.63, 3.8) is 0 Å². The highest BCUT2D eigenvalue weighted by Crippen LogP contribution is 1.95. The molecule has 0 aromatic carbocycles. The minimum atomic E-state index is 0.348. The Bertz CT molecular complexity index is 229. The largest absolute Gasteiger partial charge is 0.377 e. The lowest BCUT2D eigenvalue weighted by molar-refractivity contribution is 0.0698. The number of hydrogen-bond acceptors (Lipinski definition) is 2. The molecule has 0 rings (SSSR count). The fourth-order valence-electron chi connectivity index (χ4n) is 0.988. The van der Waals surface area contributed by atoms with Gasteiger partial charge in [-0.05, 0) is 38.8 Å². The van der Waals surface area contributed by atoms with Gasteiger partial charge in [0.1, 0.15) is 0 Å². The van der Waals surface area contributed by atoms with Gasteiger partial charge in [0.15, 0.2) is 0 Å². The molecule has 1 atom stereocenters. The molecule has 0 aliphatic carbocycles. The highest BCUT2D eigenvalue weighted by molar-refractivity contribution is 5.72. The summed E-state index contributed by atoms with van der Waals surface area (Å²) in [6.07, 6.45) is 9.33. The third-order valence-electron chi connectivity index (χ3n) is 2.07. The maximum absolute atomic E-state index is 5.50. The summed E-state index contributed by atoms with van der Waals surface area (Å²) in [6, 6.07) is 0. The molecule has 86 valence electrons. The number of rotatable bonds is 7. The second-order valence-corrected chi connectivity index (χ2v) is 3.56. The van der Waals surface area contributed by atoms with Crippen LogP contribution in [0.1, 0.15) is 34.1 Å². The van der Waals surface area contributed by atoms with Gasteiger partial charge in [0.2, 0.25) is 0 Å². The van der Waals surface area contributed by atoms with E-state index in [0.717, 1.165) is 13.0 Å². The monoisotopic (exact) mass is 209 g/mol. The van der Waals surface area contributed by atoms with Crippen LogP contribution in [-0.2, 0) is 4.74 Å². The van der Waals surface area contributed by atoms with Gasteiger partial charge in [-0.1, -0.05) is 19.1 Å². The normalized spacial score (nSPS) is 15.3. The Balaban J connectivity index is 3.59. The van der Waals surface area contributed by atoms with Crippen molar-refractivity contribution in [3.05, 3.63) is 23.8 Å². The lowest BCUT2D eigenvalue weighted by Gasteiger charge is -2.07. The summed E-state index contributed by atoms with van der Waals surface area (Å²) in [7, 11) is 0. The lowest BCUT2D eigenvalue weighted by Crippen LogP contribution is -2.09. The van der Waals surface area contributed by atoms with Crippen molar-refractivity contribution in [1.82, 2.24) is 0 Å². The summed E-state index contributed by atoms with van der Waals surface area (Å²) in [5.74, 6) is 0. The summed E-state index contributed by atoms with van der Waals surface area (Å²) in [6.45, 7) is 9.72. The van der Waals surface area contributed by atoms with Gasteiger partial charge in [-0.3, -0.25) is 4.99 Å². The van der Waals surface area contributed by atoms with Crippen molar-refractivity contribution >= 4 is 6.21 Å². The molecule has 0 aromatic rings. The summed E-state index contributed by atoms with van der Waals surface area (Å²) in [5.41, 5.74) is 1.21. The quantitative estimate of drug-likeness (QED) is 0.358. The number of allylic oxidation sites excluding steroid dienone is 4. The second-order valence-electron chi connectivity index (χ2n) is 3.56. The Labute approximate surface area is 93.7 Å². The number of hydrogen-bond donors (Lipinski definition) is 0. The Morgan fingerprint density at radius 2 is 2.20 bits per heavy atom. The molecule has 0 aliphatic heterocycles. The zero-order valence-corrected chi connectivity index (χ0v) is 10.4. The van der Waals surface area contributed by atoms with Crippen molar-refractivity contribution in [3.8, 4) is 0 Å².